The van der Waals surface area contributed by atoms with Crippen molar-refractivity contribution in [2.45, 2.75) is 44.2 Å². The van der Waals surface area contributed by atoms with E-state index in [-0.39, 0.29) is 18.1 Å². The van der Waals surface area contributed by atoms with E-state index in [1.807, 2.05) is 44.4 Å². The fourth-order valence-corrected chi connectivity index (χ4v) is 4.28. The summed E-state index contributed by atoms with van der Waals surface area (Å²) >= 11 is 0. The van der Waals surface area contributed by atoms with E-state index in [4.69, 9.17) is 14.5 Å². The third-order valence-electron chi connectivity index (χ3n) is 5.68. The lowest BCUT2D eigenvalue weighted by Crippen LogP contribution is -2.34. The van der Waals surface area contributed by atoms with Crippen LogP contribution in [0.25, 0.3) is 0 Å². The molecule has 1 saturated carbocycles. The first kappa shape index (κ1) is 19.6. The Bertz CT molecular complexity index is 911. The number of benzene rings is 1. The van der Waals surface area contributed by atoms with E-state index in [0.717, 1.165) is 41.0 Å². The largest absolute Gasteiger partial charge is 0.493 e. The summed E-state index contributed by atoms with van der Waals surface area (Å²) in [5.74, 6) is 2.24. The van der Waals surface area contributed by atoms with Gasteiger partial charge in [0.25, 0.3) is 0 Å². The minimum absolute atomic E-state index is 0.136. The second-order valence-corrected chi connectivity index (χ2v) is 7.81. The molecule has 0 spiro atoms. The van der Waals surface area contributed by atoms with Gasteiger partial charge in [-0.2, -0.15) is 0 Å². The molecule has 1 aromatic carbocycles. The molecule has 1 N–H and O–H groups in total. The predicted octanol–water partition coefficient (Wildman–Crippen LogP) is 2.80. The summed E-state index contributed by atoms with van der Waals surface area (Å²) in [6, 6.07) is 4.20. The number of anilines is 1. The fraction of sp³-hybridized carbons (Fsp3) is 0.500. The second kappa shape index (κ2) is 7.99. The Morgan fingerprint density at radius 2 is 1.90 bits per heavy atom. The summed E-state index contributed by atoms with van der Waals surface area (Å²) in [5.41, 5.74) is 3.92. The van der Waals surface area contributed by atoms with Gasteiger partial charge in [0.1, 0.15) is 0 Å². The molecule has 3 atom stereocenters. The smallest absolute Gasteiger partial charge is 0.224 e. The van der Waals surface area contributed by atoms with Gasteiger partial charge in [0.15, 0.2) is 11.5 Å². The van der Waals surface area contributed by atoms with Crippen molar-refractivity contribution < 1.29 is 14.6 Å². The normalized spacial score (nSPS) is 22.9. The quantitative estimate of drug-likeness (QED) is 0.837. The molecule has 7 nitrogen and oxygen atoms in total. The number of aliphatic imine (C=N–C) groups is 1. The third kappa shape index (κ3) is 3.67. The Labute approximate surface area is 171 Å². The lowest BCUT2D eigenvalue weighted by Gasteiger charge is -2.37. The van der Waals surface area contributed by atoms with Crippen molar-refractivity contribution in [3.8, 4) is 11.5 Å². The summed E-state index contributed by atoms with van der Waals surface area (Å²) in [4.78, 5) is 15.9. The van der Waals surface area contributed by atoms with Crippen LogP contribution in [0.1, 0.15) is 48.8 Å². The van der Waals surface area contributed by atoms with Crippen LogP contribution < -0.4 is 14.4 Å². The van der Waals surface area contributed by atoms with Crippen molar-refractivity contribution in [1.82, 2.24) is 9.97 Å². The average Bonchev–Trinajstić information content (AvgIpc) is 2.73. The van der Waals surface area contributed by atoms with Gasteiger partial charge in [0.05, 0.1) is 31.6 Å². The minimum Gasteiger partial charge on any atom is -0.493 e. The number of hydrogen-bond acceptors (Lipinski definition) is 7. The SMILES string of the molecule is CCOc1cc2c(cc1OC)C(c1cnc(N(C)C)nc1)=NC1CCC(O)C[C@H]21. The van der Waals surface area contributed by atoms with E-state index >= 15 is 0 Å². The highest BCUT2D eigenvalue weighted by Gasteiger charge is 2.37. The summed E-state index contributed by atoms with van der Waals surface area (Å²) in [6.45, 7) is 2.52. The van der Waals surface area contributed by atoms with Crippen molar-refractivity contribution in [2.24, 2.45) is 4.99 Å². The van der Waals surface area contributed by atoms with Crippen LogP contribution >= 0.6 is 0 Å². The number of aliphatic hydroxyl groups excluding tert-OH is 1. The van der Waals surface area contributed by atoms with E-state index < -0.39 is 0 Å². The Morgan fingerprint density at radius 1 is 1.14 bits per heavy atom. The monoisotopic (exact) mass is 396 g/mol. The number of aromatic nitrogens is 2. The standard InChI is InChI=1S/C22H28N4O3/c1-5-29-20-9-15-16-8-14(27)6-7-18(16)25-21(17(15)10-19(20)28-4)13-11-23-22(24-12-13)26(2)3/h9-12,14,16,18,27H,5-8H2,1-4H3/t14?,16-,18?/m1/s1. The molecule has 1 aromatic heterocycles. The molecule has 7 heteroatoms. The molecule has 29 heavy (non-hydrogen) atoms. The van der Waals surface area contributed by atoms with Gasteiger partial charge in [0, 0.05) is 43.5 Å². The molecule has 0 radical (unpaired) electrons. The summed E-state index contributed by atoms with van der Waals surface area (Å²) in [5, 5.41) is 10.3. The van der Waals surface area contributed by atoms with Gasteiger partial charge in [-0.25, -0.2) is 9.97 Å². The molecule has 154 valence electrons. The molecule has 2 aromatic rings. The lowest BCUT2D eigenvalue weighted by atomic mass is 9.74. The number of methoxy groups -OCH3 is 1. The van der Waals surface area contributed by atoms with Crippen LogP contribution in [0, 0.1) is 0 Å². The zero-order chi connectivity index (χ0) is 20.5. The van der Waals surface area contributed by atoms with Crippen LogP contribution in [-0.4, -0.2) is 60.7 Å². The zero-order valence-corrected chi connectivity index (χ0v) is 17.4. The van der Waals surface area contributed by atoms with Gasteiger partial charge in [-0.3, -0.25) is 4.99 Å². The van der Waals surface area contributed by atoms with Crippen LogP contribution in [0.2, 0.25) is 0 Å². The first-order valence-electron chi connectivity index (χ1n) is 10.1. The van der Waals surface area contributed by atoms with Gasteiger partial charge in [-0.15, -0.1) is 0 Å². The van der Waals surface area contributed by atoms with Crippen molar-refractivity contribution in [3.63, 3.8) is 0 Å². The van der Waals surface area contributed by atoms with Crippen LogP contribution in [0.3, 0.4) is 0 Å². The van der Waals surface area contributed by atoms with Crippen molar-refractivity contribution in [2.75, 3.05) is 32.7 Å². The molecule has 1 fully saturated rings. The van der Waals surface area contributed by atoms with Gasteiger partial charge >= 0.3 is 0 Å². The molecule has 0 bridgehead atoms. The number of fused-ring (bicyclic) bond motifs is 3. The Morgan fingerprint density at radius 3 is 2.55 bits per heavy atom. The third-order valence-corrected chi connectivity index (χ3v) is 5.68. The molecular formula is C22H28N4O3. The number of hydrogen-bond donors (Lipinski definition) is 1. The predicted molar refractivity (Wildman–Crippen MR) is 113 cm³/mol. The van der Waals surface area contributed by atoms with Crippen molar-refractivity contribution >= 4 is 11.7 Å². The number of rotatable bonds is 5. The van der Waals surface area contributed by atoms with Crippen LogP contribution in [0.5, 0.6) is 11.5 Å². The highest BCUT2D eigenvalue weighted by molar-refractivity contribution is 6.14. The molecule has 1 aliphatic carbocycles. The van der Waals surface area contributed by atoms with Gasteiger partial charge in [-0.05, 0) is 43.9 Å². The second-order valence-electron chi connectivity index (χ2n) is 7.81. The highest BCUT2D eigenvalue weighted by atomic mass is 16.5. The van der Waals surface area contributed by atoms with Gasteiger partial charge < -0.3 is 19.5 Å². The van der Waals surface area contributed by atoms with Gasteiger partial charge in [0.2, 0.25) is 5.95 Å². The topological polar surface area (TPSA) is 80.1 Å². The van der Waals surface area contributed by atoms with E-state index in [1.54, 1.807) is 7.11 Å². The van der Waals surface area contributed by atoms with Crippen LogP contribution in [0.15, 0.2) is 29.5 Å². The maximum Gasteiger partial charge on any atom is 0.224 e. The van der Waals surface area contributed by atoms with Crippen LogP contribution in [0.4, 0.5) is 5.95 Å². The average molecular weight is 396 g/mol. The molecule has 0 amide bonds. The Hall–Kier alpha value is -2.67. The molecule has 0 saturated heterocycles. The highest BCUT2D eigenvalue weighted by Crippen LogP contribution is 2.44. The van der Waals surface area contributed by atoms with E-state index in [0.29, 0.717) is 24.7 Å². The maximum atomic E-state index is 10.3. The summed E-state index contributed by atoms with van der Waals surface area (Å²) in [6.07, 6.45) is 5.71. The summed E-state index contributed by atoms with van der Waals surface area (Å²) in [7, 11) is 5.48. The first-order chi connectivity index (χ1) is 14.0. The zero-order valence-electron chi connectivity index (χ0n) is 17.4. The first-order valence-corrected chi connectivity index (χ1v) is 10.1. The van der Waals surface area contributed by atoms with Crippen LogP contribution in [-0.2, 0) is 0 Å². The lowest BCUT2D eigenvalue weighted by molar-refractivity contribution is 0.111. The molecule has 4 rings (SSSR count). The molecule has 2 aliphatic rings. The van der Waals surface area contributed by atoms with E-state index in [9.17, 15) is 5.11 Å². The number of aliphatic hydroxyl groups is 1. The molecule has 1 aliphatic heterocycles. The van der Waals surface area contributed by atoms with Gasteiger partial charge in [-0.1, -0.05) is 0 Å². The fourth-order valence-electron chi connectivity index (χ4n) is 4.28. The molecule has 2 unspecified atom stereocenters. The Balaban J connectivity index is 1.84. The van der Waals surface area contributed by atoms with Crippen molar-refractivity contribution in [1.29, 1.82) is 0 Å². The van der Waals surface area contributed by atoms with E-state index in [1.165, 1.54) is 0 Å². The van der Waals surface area contributed by atoms with Crippen molar-refractivity contribution in [3.05, 3.63) is 41.2 Å². The molecule has 2 heterocycles. The summed E-state index contributed by atoms with van der Waals surface area (Å²) < 4.78 is 11.4. The Kier molecular flexibility index (Phi) is 5.41. The molecular weight excluding hydrogens is 368 g/mol. The van der Waals surface area contributed by atoms with E-state index in [2.05, 4.69) is 16.0 Å². The number of ether oxygens (including phenoxy) is 2. The maximum absolute atomic E-state index is 10.3. The minimum atomic E-state index is -0.291. The number of nitrogens with zero attached hydrogens (tertiary/aromatic N) is 4.